The summed E-state index contributed by atoms with van der Waals surface area (Å²) in [6.07, 6.45) is 17.8. The summed E-state index contributed by atoms with van der Waals surface area (Å²) in [5.74, 6) is 2.53. The van der Waals surface area contributed by atoms with E-state index in [4.69, 9.17) is 29.1 Å². The molecule has 1 aliphatic heterocycles. The number of allylic oxidation sites excluding steroid dienone is 2. The Bertz CT molecular complexity index is 458. The van der Waals surface area contributed by atoms with E-state index in [0.29, 0.717) is 11.6 Å². The average molecular weight is 336 g/mol. The number of terminal acetylenes is 1. The highest BCUT2D eigenvalue weighted by molar-refractivity contribution is 7.80. The van der Waals surface area contributed by atoms with Gasteiger partial charge in [0.15, 0.2) is 0 Å². The Morgan fingerprint density at radius 1 is 1.30 bits per heavy atom. The molecule has 4 nitrogen and oxygen atoms in total. The third-order valence-electron chi connectivity index (χ3n) is 4.56. The quantitative estimate of drug-likeness (QED) is 0.611. The summed E-state index contributed by atoms with van der Waals surface area (Å²) in [5, 5.41) is 3.35. The fraction of sp³-hybridized carbons (Fsp3) is 0.722. The first-order valence-corrected chi connectivity index (χ1v) is 9.16. The SMILES string of the molecule is C#CCOC1CN(/C2=C/CCCCCCCC2)CC(C(N)=S)N1. The molecule has 2 aliphatic rings. The minimum atomic E-state index is -0.123. The number of nitrogens with one attached hydrogen (secondary N) is 1. The van der Waals surface area contributed by atoms with Crippen molar-refractivity contribution in [3.63, 3.8) is 0 Å². The molecule has 2 rings (SSSR count). The first kappa shape index (κ1) is 18.3. The Morgan fingerprint density at radius 2 is 2.04 bits per heavy atom. The van der Waals surface area contributed by atoms with Crippen LogP contribution in [0.1, 0.15) is 51.4 Å². The summed E-state index contributed by atoms with van der Waals surface area (Å²) in [4.78, 5) is 2.88. The third kappa shape index (κ3) is 6.14. The smallest absolute Gasteiger partial charge is 0.127 e. The van der Waals surface area contributed by atoms with Crippen molar-refractivity contribution in [2.75, 3.05) is 19.7 Å². The van der Waals surface area contributed by atoms with E-state index in [9.17, 15) is 0 Å². The van der Waals surface area contributed by atoms with Gasteiger partial charge in [-0.25, -0.2) is 0 Å². The van der Waals surface area contributed by atoms with Crippen LogP contribution in [0.5, 0.6) is 0 Å². The second-order valence-corrected chi connectivity index (χ2v) is 6.86. The topological polar surface area (TPSA) is 50.5 Å². The Morgan fingerprint density at radius 3 is 2.78 bits per heavy atom. The van der Waals surface area contributed by atoms with Gasteiger partial charge in [-0.2, -0.15) is 0 Å². The zero-order valence-corrected chi connectivity index (χ0v) is 14.7. The van der Waals surface area contributed by atoms with Gasteiger partial charge in [-0.3, -0.25) is 5.32 Å². The molecular weight excluding hydrogens is 306 g/mol. The molecule has 1 saturated heterocycles. The molecule has 2 unspecified atom stereocenters. The Labute approximate surface area is 145 Å². The van der Waals surface area contributed by atoms with Gasteiger partial charge in [0.1, 0.15) is 12.8 Å². The molecule has 0 spiro atoms. The van der Waals surface area contributed by atoms with Crippen LogP contribution in [0.15, 0.2) is 11.8 Å². The maximum absolute atomic E-state index is 5.88. The van der Waals surface area contributed by atoms with E-state index < -0.39 is 0 Å². The van der Waals surface area contributed by atoms with Crippen LogP contribution in [-0.2, 0) is 4.74 Å². The van der Waals surface area contributed by atoms with E-state index >= 15 is 0 Å². The van der Waals surface area contributed by atoms with Crippen molar-refractivity contribution in [1.82, 2.24) is 10.2 Å². The summed E-state index contributed by atoms with van der Waals surface area (Å²) in [5.41, 5.74) is 7.30. The van der Waals surface area contributed by atoms with Gasteiger partial charge >= 0.3 is 0 Å². The summed E-state index contributed by atoms with van der Waals surface area (Å²) < 4.78 is 5.70. The van der Waals surface area contributed by atoms with E-state index in [1.165, 1.54) is 44.2 Å². The summed E-state index contributed by atoms with van der Waals surface area (Å²) in [6.45, 7) is 1.91. The second kappa shape index (κ2) is 9.92. The number of hydrogen-bond donors (Lipinski definition) is 2. The van der Waals surface area contributed by atoms with Gasteiger partial charge < -0.3 is 15.4 Å². The van der Waals surface area contributed by atoms with Gasteiger partial charge in [0.2, 0.25) is 0 Å². The average Bonchev–Trinajstić information content (AvgIpc) is 2.57. The second-order valence-electron chi connectivity index (χ2n) is 6.39. The molecule has 0 aromatic heterocycles. The van der Waals surface area contributed by atoms with Crippen molar-refractivity contribution in [1.29, 1.82) is 0 Å². The van der Waals surface area contributed by atoms with E-state index in [-0.39, 0.29) is 12.3 Å². The number of nitrogens with zero attached hydrogens (tertiary/aromatic N) is 1. The van der Waals surface area contributed by atoms with E-state index in [1.54, 1.807) is 0 Å². The molecule has 2 atom stereocenters. The van der Waals surface area contributed by atoms with Crippen molar-refractivity contribution in [3.05, 3.63) is 11.8 Å². The van der Waals surface area contributed by atoms with Gasteiger partial charge in [-0.05, 0) is 25.7 Å². The lowest BCUT2D eigenvalue weighted by Crippen LogP contribution is -2.60. The molecule has 0 aromatic rings. The molecule has 1 heterocycles. The van der Waals surface area contributed by atoms with Crippen LogP contribution >= 0.6 is 12.2 Å². The van der Waals surface area contributed by atoms with Gasteiger partial charge in [0.25, 0.3) is 0 Å². The number of piperazine rings is 1. The van der Waals surface area contributed by atoms with Crippen molar-refractivity contribution >= 4 is 17.2 Å². The summed E-state index contributed by atoms with van der Waals surface area (Å²) >= 11 is 5.20. The molecule has 23 heavy (non-hydrogen) atoms. The number of ether oxygens (including phenoxy) is 1. The Hall–Kier alpha value is -1.09. The van der Waals surface area contributed by atoms with Gasteiger partial charge in [0.05, 0.1) is 17.6 Å². The minimum absolute atomic E-state index is 0.0298. The molecule has 0 aromatic carbocycles. The van der Waals surface area contributed by atoms with E-state index in [2.05, 4.69) is 22.2 Å². The molecular formula is C18H29N3OS. The summed E-state index contributed by atoms with van der Waals surface area (Å²) in [6, 6.07) is -0.0298. The van der Waals surface area contributed by atoms with Crippen LogP contribution in [0.2, 0.25) is 0 Å². The first-order valence-electron chi connectivity index (χ1n) is 8.75. The van der Waals surface area contributed by atoms with Gasteiger partial charge in [-0.15, -0.1) is 6.42 Å². The van der Waals surface area contributed by atoms with Gasteiger partial charge in [0, 0.05) is 12.2 Å². The monoisotopic (exact) mass is 335 g/mol. The Balaban J connectivity index is 2.05. The molecule has 0 saturated carbocycles. The molecule has 1 aliphatic carbocycles. The minimum Gasteiger partial charge on any atom is -0.392 e. The van der Waals surface area contributed by atoms with Crippen molar-refractivity contribution < 1.29 is 4.74 Å². The number of nitrogens with two attached hydrogens (primary N) is 1. The number of hydrogen-bond acceptors (Lipinski definition) is 4. The summed E-state index contributed by atoms with van der Waals surface area (Å²) in [7, 11) is 0. The molecule has 0 bridgehead atoms. The van der Waals surface area contributed by atoms with Crippen molar-refractivity contribution in [2.45, 2.75) is 63.6 Å². The zero-order chi connectivity index (χ0) is 16.5. The fourth-order valence-electron chi connectivity index (χ4n) is 3.30. The highest BCUT2D eigenvalue weighted by atomic mass is 32.1. The number of rotatable bonds is 4. The van der Waals surface area contributed by atoms with Crippen molar-refractivity contribution in [3.8, 4) is 12.3 Å². The molecule has 128 valence electrons. The highest BCUT2D eigenvalue weighted by Gasteiger charge is 2.29. The van der Waals surface area contributed by atoms with Crippen LogP contribution in [-0.4, -0.2) is 41.9 Å². The maximum atomic E-state index is 5.88. The van der Waals surface area contributed by atoms with Crippen LogP contribution < -0.4 is 11.1 Å². The number of thiocarbonyl (C=S) groups is 1. The standard InChI is InChI=1S/C18H29N3OS/c1-2-12-22-17-14-21(13-16(20-17)18(19)23)15-10-8-6-4-3-5-7-9-11-15/h1,10,16-17,20H,3-9,11-14H2,(H2,19,23)/b15-10+. The molecule has 3 N–H and O–H groups in total. The van der Waals surface area contributed by atoms with Crippen molar-refractivity contribution in [2.24, 2.45) is 5.73 Å². The first-order chi connectivity index (χ1) is 11.2. The Kier molecular flexibility index (Phi) is 7.87. The lowest BCUT2D eigenvalue weighted by Gasteiger charge is -2.40. The largest absolute Gasteiger partial charge is 0.392 e. The zero-order valence-electron chi connectivity index (χ0n) is 13.9. The third-order valence-corrected chi connectivity index (χ3v) is 4.85. The highest BCUT2D eigenvalue weighted by Crippen LogP contribution is 2.22. The predicted octanol–water partition coefficient (Wildman–Crippen LogP) is 2.54. The van der Waals surface area contributed by atoms with E-state index in [1.807, 2.05) is 0 Å². The predicted molar refractivity (Wildman–Crippen MR) is 98.9 cm³/mol. The van der Waals surface area contributed by atoms with Crippen LogP contribution in [0.25, 0.3) is 0 Å². The van der Waals surface area contributed by atoms with E-state index in [0.717, 1.165) is 25.9 Å². The van der Waals surface area contributed by atoms with Crippen LogP contribution in [0.4, 0.5) is 0 Å². The molecule has 1 fully saturated rings. The lowest BCUT2D eigenvalue weighted by molar-refractivity contribution is 0.00211. The van der Waals surface area contributed by atoms with Gasteiger partial charge in [-0.1, -0.05) is 49.9 Å². The lowest BCUT2D eigenvalue weighted by atomic mass is 10.0. The maximum Gasteiger partial charge on any atom is 0.127 e. The normalized spacial score (nSPS) is 29.2. The molecule has 0 radical (unpaired) electrons. The molecule has 0 amide bonds. The van der Waals surface area contributed by atoms with Crippen LogP contribution in [0, 0.1) is 12.3 Å². The fourth-order valence-corrected chi connectivity index (χ4v) is 3.44. The molecule has 5 heteroatoms. The van der Waals surface area contributed by atoms with Crippen LogP contribution in [0.3, 0.4) is 0 Å².